The molecule has 0 aliphatic carbocycles. The lowest BCUT2D eigenvalue weighted by molar-refractivity contribution is -0.131. The number of hydrogen-bond donors (Lipinski definition) is 1. The Bertz CT molecular complexity index is 756. The average Bonchev–Trinajstić information content (AvgIpc) is 2.44. The molecule has 0 radical (unpaired) electrons. The predicted molar refractivity (Wildman–Crippen MR) is 78.4 cm³/mol. The number of likely N-dealkylation sites (N-methyl/N-ethyl adjacent to an activating group) is 1. The van der Waals surface area contributed by atoms with E-state index in [1.165, 1.54) is 6.07 Å². The molecule has 0 atom stereocenters. The molecular weight excluding hydrogens is 271 g/mol. The fourth-order valence-corrected chi connectivity index (χ4v) is 2.74. The van der Waals surface area contributed by atoms with Gasteiger partial charge in [-0.25, -0.2) is 14.2 Å². The molecule has 2 heterocycles. The zero-order chi connectivity index (χ0) is 15.0. The van der Waals surface area contributed by atoms with Crippen LogP contribution in [0.3, 0.4) is 0 Å². The first-order chi connectivity index (χ1) is 10.1. The van der Waals surface area contributed by atoms with Gasteiger partial charge in [0.25, 0.3) is 0 Å². The van der Waals surface area contributed by atoms with E-state index in [0.717, 1.165) is 35.9 Å². The molecule has 2 aromatic rings. The Balaban J connectivity index is 2.31. The van der Waals surface area contributed by atoms with Gasteiger partial charge in [0.15, 0.2) is 0 Å². The third-order valence-corrected chi connectivity index (χ3v) is 3.75. The van der Waals surface area contributed by atoms with Crippen LogP contribution in [0.25, 0.3) is 17.0 Å². The van der Waals surface area contributed by atoms with Gasteiger partial charge in [-0.3, -0.25) is 0 Å². The zero-order valence-corrected chi connectivity index (χ0v) is 11.6. The molecule has 1 aliphatic rings. The molecule has 0 bridgehead atoms. The number of rotatable bonds is 2. The van der Waals surface area contributed by atoms with E-state index in [-0.39, 0.29) is 5.82 Å². The van der Waals surface area contributed by atoms with Crippen molar-refractivity contribution in [3.05, 3.63) is 46.9 Å². The van der Waals surface area contributed by atoms with Crippen molar-refractivity contribution >= 4 is 22.9 Å². The van der Waals surface area contributed by atoms with E-state index < -0.39 is 5.97 Å². The van der Waals surface area contributed by atoms with Crippen molar-refractivity contribution in [2.45, 2.75) is 13.0 Å². The molecule has 108 valence electrons. The van der Waals surface area contributed by atoms with Crippen LogP contribution < -0.4 is 0 Å². The van der Waals surface area contributed by atoms with Gasteiger partial charge < -0.3 is 10.0 Å². The monoisotopic (exact) mass is 286 g/mol. The molecule has 1 aliphatic heterocycles. The minimum atomic E-state index is -1.02. The highest BCUT2D eigenvalue weighted by Gasteiger charge is 2.20. The van der Waals surface area contributed by atoms with E-state index in [0.29, 0.717) is 17.4 Å². The Labute approximate surface area is 121 Å². The van der Waals surface area contributed by atoms with Crippen LogP contribution in [0.5, 0.6) is 0 Å². The SMILES string of the molecule is CN1CCc2nc3c(F)cccc3c(/C=C/C(=O)O)c2C1. The number of benzene rings is 1. The summed E-state index contributed by atoms with van der Waals surface area (Å²) in [7, 11) is 2.00. The van der Waals surface area contributed by atoms with Crippen molar-refractivity contribution in [2.24, 2.45) is 0 Å². The molecule has 0 spiro atoms. The molecule has 0 amide bonds. The number of aliphatic carboxylic acids is 1. The van der Waals surface area contributed by atoms with Crippen molar-refractivity contribution in [3.63, 3.8) is 0 Å². The van der Waals surface area contributed by atoms with Crippen molar-refractivity contribution in [3.8, 4) is 0 Å². The van der Waals surface area contributed by atoms with E-state index in [1.807, 2.05) is 7.05 Å². The molecule has 0 fully saturated rings. The smallest absolute Gasteiger partial charge is 0.328 e. The van der Waals surface area contributed by atoms with Crippen LogP contribution >= 0.6 is 0 Å². The number of fused-ring (bicyclic) bond motifs is 2. The number of pyridine rings is 1. The van der Waals surface area contributed by atoms with Crippen LogP contribution in [0.4, 0.5) is 4.39 Å². The molecule has 5 heteroatoms. The van der Waals surface area contributed by atoms with Gasteiger partial charge >= 0.3 is 5.97 Å². The van der Waals surface area contributed by atoms with E-state index in [2.05, 4.69) is 9.88 Å². The topological polar surface area (TPSA) is 53.4 Å². The van der Waals surface area contributed by atoms with Gasteiger partial charge in [0.2, 0.25) is 0 Å². The first-order valence-corrected chi connectivity index (χ1v) is 6.76. The van der Waals surface area contributed by atoms with Gasteiger partial charge in [-0.15, -0.1) is 0 Å². The number of carboxylic acids is 1. The standard InChI is InChI=1S/C16H15FN2O2/c1-19-8-7-14-12(9-19)10(5-6-15(20)21)11-3-2-4-13(17)16(11)18-14/h2-6H,7-9H2,1H3,(H,20,21)/b6-5+. The van der Waals surface area contributed by atoms with Gasteiger partial charge in [0, 0.05) is 36.7 Å². The molecule has 1 aromatic carbocycles. The summed E-state index contributed by atoms with van der Waals surface area (Å²) in [6.07, 6.45) is 3.38. The number of nitrogens with zero attached hydrogens (tertiary/aromatic N) is 2. The Morgan fingerprint density at radius 2 is 2.29 bits per heavy atom. The van der Waals surface area contributed by atoms with Crippen LogP contribution in [-0.2, 0) is 17.8 Å². The lowest BCUT2D eigenvalue weighted by atomic mass is 9.95. The van der Waals surface area contributed by atoms with E-state index in [4.69, 9.17) is 5.11 Å². The number of hydrogen-bond acceptors (Lipinski definition) is 3. The number of aromatic nitrogens is 1. The molecule has 3 rings (SSSR count). The molecule has 4 nitrogen and oxygen atoms in total. The second kappa shape index (κ2) is 5.26. The van der Waals surface area contributed by atoms with Crippen LogP contribution in [0.1, 0.15) is 16.8 Å². The summed E-state index contributed by atoms with van der Waals surface area (Å²) in [4.78, 5) is 17.4. The summed E-state index contributed by atoms with van der Waals surface area (Å²) in [5.74, 6) is -1.39. The van der Waals surface area contributed by atoms with E-state index in [1.54, 1.807) is 18.2 Å². The maximum Gasteiger partial charge on any atom is 0.328 e. The molecule has 0 saturated carbocycles. The van der Waals surface area contributed by atoms with Crippen molar-refractivity contribution in [2.75, 3.05) is 13.6 Å². The van der Waals surface area contributed by atoms with Crippen LogP contribution in [0.15, 0.2) is 24.3 Å². The number of para-hydroxylation sites is 1. The fraction of sp³-hybridized carbons (Fsp3) is 0.250. The first kappa shape index (κ1) is 13.7. The third-order valence-electron chi connectivity index (χ3n) is 3.75. The minimum absolute atomic E-state index is 0.311. The average molecular weight is 286 g/mol. The van der Waals surface area contributed by atoms with E-state index in [9.17, 15) is 9.18 Å². The summed E-state index contributed by atoms with van der Waals surface area (Å²) < 4.78 is 14.0. The minimum Gasteiger partial charge on any atom is -0.478 e. The van der Waals surface area contributed by atoms with Crippen LogP contribution in [0.2, 0.25) is 0 Å². The van der Waals surface area contributed by atoms with Gasteiger partial charge in [-0.2, -0.15) is 0 Å². The largest absolute Gasteiger partial charge is 0.478 e. The summed E-state index contributed by atoms with van der Waals surface area (Å²) in [5, 5.41) is 9.52. The number of halogens is 1. The van der Waals surface area contributed by atoms with Crippen molar-refractivity contribution < 1.29 is 14.3 Å². The number of carbonyl (C=O) groups is 1. The Hall–Kier alpha value is -2.27. The van der Waals surface area contributed by atoms with Crippen LogP contribution in [0, 0.1) is 5.82 Å². The highest BCUT2D eigenvalue weighted by Crippen LogP contribution is 2.29. The fourth-order valence-electron chi connectivity index (χ4n) is 2.74. The summed E-state index contributed by atoms with van der Waals surface area (Å²) >= 11 is 0. The predicted octanol–water partition coefficient (Wildman–Crippen LogP) is 2.46. The quantitative estimate of drug-likeness (QED) is 0.862. The Morgan fingerprint density at radius 3 is 3.05 bits per heavy atom. The first-order valence-electron chi connectivity index (χ1n) is 6.76. The van der Waals surface area contributed by atoms with E-state index >= 15 is 0 Å². The second-order valence-electron chi connectivity index (χ2n) is 5.25. The normalized spacial score (nSPS) is 15.5. The Morgan fingerprint density at radius 1 is 1.48 bits per heavy atom. The van der Waals surface area contributed by atoms with Crippen LogP contribution in [-0.4, -0.2) is 34.6 Å². The lowest BCUT2D eigenvalue weighted by Crippen LogP contribution is -2.28. The maximum absolute atomic E-state index is 14.0. The van der Waals surface area contributed by atoms with Gasteiger partial charge in [-0.05, 0) is 30.3 Å². The summed E-state index contributed by atoms with van der Waals surface area (Å²) in [6.45, 7) is 1.55. The van der Waals surface area contributed by atoms with Crippen molar-refractivity contribution in [1.29, 1.82) is 0 Å². The summed E-state index contributed by atoms with van der Waals surface area (Å²) in [6, 6.07) is 4.78. The third kappa shape index (κ3) is 2.52. The Kier molecular flexibility index (Phi) is 3.43. The van der Waals surface area contributed by atoms with Gasteiger partial charge in [0.05, 0.1) is 0 Å². The highest BCUT2D eigenvalue weighted by molar-refractivity contribution is 5.94. The number of carboxylic acid groups (broad SMARTS) is 1. The molecular formula is C16H15FN2O2. The maximum atomic E-state index is 14.0. The summed E-state index contributed by atoms with van der Waals surface area (Å²) in [5.41, 5.74) is 2.91. The van der Waals surface area contributed by atoms with Crippen molar-refractivity contribution in [1.82, 2.24) is 9.88 Å². The highest BCUT2D eigenvalue weighted by atomic mass is 19.1. The molecule has 0 unspecified atom stereocenters. The zero-order valence-electron chi connectivity index (χ0n) is 11.6. The van der Waals surface area contributed by atoms with Gasteiger partial charge in [0.1, 0.15) is 11.3 Å². The van der Waals surface area contributed by atoms with Gasteiger partial charge in [-0.1, -0.05) is 12.1 Å². The lowest BCUT2D eigenvalue weighted by Gasteiger charge is -2.26. The molecule has 21 heavy (non-hydrogen) atoms. The second-order valence-corrected chi connectivity index (χ2v) is 5.25. The molecule has 1 aromatic heterocycles. The molecule has 1 N–H and O–H groups in total. The molecule has 0 saturated heterocycles.